The Labute approximate surface area is 216 Å². The van der Waals surface area contributed by atoms with Crippen molar-refractivity contribution in [2.45, 2.75) is 45.3 Å². The Morgan fingerprint density at radius 2 is 1.89 bits per heavy atom. The van der Waals surface area contributed by atoms with Crippen molar-refractivity contribution in [2.24, 2.45) is 5.92 Å². The molecule has 9 heteroatoms. The molecule has 8 nitrogen and oxygen atoms in total. The zero-order chi connectivity index (χ0) is 26.0. The first kappa shape index (κ1) is 26.0. The summed E-state index contributed by atoms with van der Waals surface area (Å²) >= 11 is 6.08. The van der Waals surface area contributed by atoms with Gasteiger partial charge in [0.05, 0.1) is 12.5 Å². The number of rotatable bonds is 10. The van der Waals surface area contributed by atoms with Crippen LogP contribution >= 0.6 is 11.6 Å². The molecule has 192 valence electrons. The Hall–Kier alpha value is -3.10. The number of carboxylic acids is 1. The third kappa shape index (κ3) is 5.65. The molecule has 0 aromatic heterocycles. The third-order valence-electron chi connectivity index (χ3n) is 7.19. The van der Waals surface area contributed by atoms with Gasteiger partial charge in [0, 0.05) is 30.7 Å². The fourth-order valence-electron chi connectivity index (χ4n) is 4.89. The number of ether oxygens (including phenoxy) is 1. The molecule has 1 saturated heterocycles. The molecule has 1 atom stereocenters. The SMILES string of the molecule is Cc1cc(CN(C2CC(C(=O)O)C2)[C@H](C)c2ccc(Cl)cc2)ccc1OCCN1C(=O)CN(C)C1=O. The summed E-state index contributed by atoms with van der Waals surface area (Å²) in [5.41, 5.74) is 3.19. The summed E-state index contributed by atoms with van der Waals surface area (Å²) in [4.78, 5) is 40.3. The van der Waals surface area contributed by atoms with E-state index in [0.717, 1.165) is 16.7 Å². The van der Waals surface area contributed by atoms with Gasteiger partial charge in [-0.3, -0.25) is 19.4 Å². The van der Waals surface area contributed by atoms with Gasteiger partial charge in [-0.2, -0.15) is 0 Å². The van der Waals surface area contributed by atoms with Crippen LogP contribution < -0.4 is 4.74 Å². The van der Waals surface area contributed by atoms with Gasteiger partial charge >= 0.3 is 12.0 Å². The van der Waals surface area contributed by atoms with Gasteiger partial charge in [0.2, 0.25) is 5.91 Å². The second kappa shape index (κ2) is 10.9. The Balaban J connectivity index is 1.42. The molecule has 1 heterocycles. The molecule has 2 aromatic rings. The molecule has 1 aliphatic carbocycles. The summed E-state index contributed by atoms with van der Waals surface area (Å²) in [6.45, 7) is 5.32. The topological polar surface area (TPSA) is 90.4 Å². The Morgan fingerprint density at radius 3 is 2.47 bits per heavy atom. The minimum Gasteiger partial charge on any atom is -0.491 e. The van der Waals surface area contributed by atoms with Crippen molar-refractivity contribution in [3.05, 3.63) is 64.2 Å². The number of nitrogens with zero attached hydrogens (tertiary/aromatic N) is 3. The number of aryl methyl sites for hydroxylation is 1. The average molecular weight is 514 g/mol. The number of amides is 3. The van der Waals surface area contributed by atoms with E-state index in [9.17, 15) is 19.5 Å². The first-order valence-electron chi connectivity index (χ1n) is 12.2. The molecule has 1 saturated carbocycles. The van der Waals surface area contributed by atoms with E-state index in [1.165, 1.54) is 9.80 Å². The fraction of sp³-hybridized carbons (Fsp3) is 0.444. The molecular weight excluding hydrogens is 482 g/mol. The second-order valence-electron chi connectivity index (χ2n) is 9.69. The summed E-state index contributed by atoms with van der Waals surface area (Å²) in [6, 6.07) is 13.8. The molecule has 3 amide bonds. The molecule has 0 unspecified atom stereocenters. The number of carboxylic acid groups (broad SMARTS) is 1. The lowest BCUT2D eigenvalue weighted by atomic mass is 9.78. The standard InChI is InChI=1S/C27H32ClN3O5/c1-17-12-19(4-9-24(17)36-11-10-30-25(32)16-29(3)27(30)35)15-31(23-13-21(14-23)26(33)34)18(2)20-5-7-22(28)8-6-20/h4-9,12,18,21,23H,10-11,13-16H2,1-3H3,(H,33,34)/t18-,21?,23?/m1/s1. The largest absolute Gasteiger partial charge is 0.491 e. The number of hydrogen-bond donors (Lipinski definition) is 1. The summed E-state index contributed by atoms with van der Waals surface area (Å²) in [6.07, 6.45) is 1.27. The first-order valence-corrected chi connectivity index (χ1v) is 12.5. The summed E-state index contributed by atoms with van der Waals surface area (Å²) in [5, 5.41) is 10.1. The second-order valence-corrected chi connectivity index (χ2v) is 10.1. The van der Waals surface area contributed by atoms with Crippen molar-refractivity contribution < 1.29 is 24.2 Å². The maximum atomic E-state index is 12.0. The molecule has 2 aromatic carbocycles. The van der Waals surface area contributed by atoms with E-state index in [-0.39, 0.29) is 49.6 Å². The predicted molar refractivity (Wildman–Crippen MR) is 136 cm³/mol. The molecule has 0 radical (unpaired) electrons. The zero-order valence-electron chi connectivity index (χ0n) is 20.8. The monoisotopic (exact) mass is 513 g/mol. The molecular formula is C27H32ClN3O5. The highest BCUT2D eigenvalue weighted by Crippen LogP contribution is 2.38. The number of carbonyl (C=O) groups is 3. The number of imide groups is 1. The van der Waals surface area contributed by atoms with Crippen LogP contribution in [0.3, 0.4) is 0 Å². The van der Waals surface area contributed by atoms with Gasteiger partial charge in [-0.05, 0) is 61.6 Å². The van der Waals surface area contributed by atoms with E-state index in [0.29, 0.717) is 30.2 Å². The lowest BCUT2D eigenvalue weighted by Crippen LogP contribution is -2.47. The number of aliphatic carboxylic acids is 1. The normalized spacial score (nSPS) is 20.6. The molecule has 36 heavy (non-hydrogen) atoms. The Kier molecular flexibility index (Phi) is 7.85. The van der Waals surface area contributed by atoms with Gasteiger partial charge < -0.3 is 14.7 Å². The summed E-state index contributed by atoms with van der Waals surface area (Å²) in [5.74, 6) is -0.527. The van der Waals surface area contributed by atoms with E-state index in [2.05, 4.69) is 17.9 Å². The number of hydrogen-bond acceptors (Lipinski definition) is 5. The van der Waals surface area contributed by atoms with Crippen molar-refractivity contribution in [1.82, 2.24) is 14.7 Å². The van der Waals surface area contributed by atoms with Crippen molar-refractivity contribution in [2.75, 3.05) is 26.7 Å². The number of urea groups is 1. The van der Waals surface area contributed by atoms with Crippen molar-refractivity contribution in [3.8, 4) is 5.75 Å². The van der Waals surface area contributed by atoms with E-state index in [1.54, 1.807) is 7.05 Å². The molecule has 0 spiro atoms. The van der Waals surface area contributed by atoms with Crippen LogP contribution in [0.1, 0.15) is 42.5 Å². The van der Waals surface area contributed by atoms with E-state index in [1.807, 2.05) is 43.3 Å². The minimum absolute atomic E-state index is 0.0897. The number of benzene rings is 2. The van der Waals surface area contributed by atoms with Gasteiger partial charge in [-0.1, -0.05) is 35.9 Å². The van der Waals surface area contributed by atoms with E-state index < -0.39 is 5.97 Å². The van der Waals surface area contributed by atoms with Gasteiger partial charge in [0.1, 0.15) is 18.9 Å². The van der Waals surface area contributed by atoms with Gasteiger partial charge in [-0.15, -0.1) is 0 Å². The van der Waals surface area contributed by atoms with Crippen LogP contribution in [0.25, 0.3) is 0 Å². The highest BCUT2D eigenvalue weighted by molar-refractivity contribution is 6.30. The number of carbonyl (C=O) groups excluding carboxylic acids is 2. The highest BCUT2D eigenvalue weighted by Gasteiger charge is 2.39. The Bertz CT molecular complexity index is 1130. The van der Waals surface area contributed by atoms with E-state index in [4.69, 9.17) is 16.3 Å². The van der Waals surface area contributed by atoms with Crippen LogP contribution in [0, 0.1) is 12.8 Å². The average Bonchev–Trinajstić information content (AvgIpc) is 3.04. The molecule has 1 aliphatic heterocycles. The molecule has 4 rings (SSSR count). The lowest BCUT2D eigenvalue weighted by molar-refractivity contribution is -0.147. The summed E-state index contributed by atoms with van der Waals surface area (Å²) in [7, 11) is 1.60. The quantitative estimate of drug-likeness (QED) is 0.475. The number of halogens is 1. The van der Waals surface area contributed by atoms with Gasteiger partial charge in [-0.25, -0.2) is 4.79 Å². The number of likely N-dealkylation sites (N-methyl/N-ethyl adjacent to an activating group) is 1. The molecule has 2 fully saturated rings. The summed E-state index contributed by atoms with van der Waals surface area (Å²) < 4.78 is 5.88. The highest BCUT2D eigenvalue weighted by atomic mass is 35.5. The van der Waals surface area contributed by atoms with Crippen molar-refractivity contribution in [3.63, 3.8) is 0 Å². The lowest BCUT2D eigenvalue weighted by Gasteiger charge is -2.44. The minimum atomic E-state index is -0.730. The van der Waals surface area contributed by atoms with Crippen molar-refractivity contribution in [1.29, 1.82) is 0 Å². The smallest absolute Gasteiger partial charge is 0.327 e. The van der Waals surface area contributed by atoms with Gasteiger partial charge in [0.15, 0.2) is 0 Å². The third-order valence-corrected chi connectivity index (χ3v) is 7.44. The first-order chi connectivity index (χ1) is 17.1. The molecule has 0 bridgehead atoms. The van der Waals surface area contributed by atoms with Crippen LogP contribution in [-0.2, 0) is 16.1 Å². The van der Waals surface area contributed by atoms with Crippen LogP contribution in [0.4, 0.5) is 4.79 Å². The predicted octanol–water partition coefficient (Wildman–Crippen LogP) is 4.35. The maximum Gasteiger partial charge on any atom is 0.327 e. The molecule has 1 N–H and O–H groups in total. The zero-order valence-corrected chi connectivity index (χ0v) is 21.6. The van der Waals surface area contributed by atoms with Crippen molar-refractivity contribution >= 4 is 29.5 Å². The van der Waals surface area contributed by atoms with Crippen LogP contribution in [0.15, 0.2) is 42.5 Å². The molecule has 2 aliphatic rings. The van der Waals surface area contributed by atoms with Crippen LogP contribution in [-0.4, -0.2) is 70.5 Å². The van der Waals surface area contributed by atoms with Gasteiger partial charge in [0.25, 0.3) is 0 Å². The van der Waals surface area contributed by atoms with Crippen LogP contribution in [0.5, 0.6) is 5.75 Å². The Morgan fingerprint density at radius 1 is 1.19 bits per heavy atom. The fourth-order valence-corrected chi connectivity index (χ4v) is 5.02. The van der Waals surface area contributed by atoms with Crippen LogP contribution in [0.2, 0.25) is 5.02 Å². The maximum absolute atomic E-state index is 12.0. The van der Waals surface area contributed by atoms with E-state index >= 15 is 0 Å².